The Balaban J connectivity index is 1.18. The number of amides is 1. The van der Waals surface area contributed by atoms with Gasteiger partial charge in [-0.1, -0.05) is 23.7 Å². The van der Waals surface area contributed by atoms with Gasteiger partial charge in [-0.3, -0.25) is 4.79 Å². The Bertz CT molecular complexity index is 848. The van der Waals surface area contributed by atoms with E-state index in [-0.39, 0.29) is 11.8 Å². The maximum Gasteiger partial charge on any atom is 0.324 e. The largest absolute Gasteiger partial charge is 0.356 e. The Labute approximate surface area is 189 Å². The van der Waals surface area contributed by atoms with Crippen molar-refractivity contribution in [1.82, 2.24) is 20.4 Å². The van der Waals surface area contributed by atoms with Crippen LogP contribution < -0.4 is 10.2 Å². The molecule has 1 aromatic carbocycles. The lowest BCUT2D eigenvalue weighted by Crippen LogP contribution is -2.41. The average molecular weight is 446 g/mol. The molecular formula is C23H32ClN5O2. The number of anilines is 1. The number of hydrogen-bond acceptors (Lipinski definition) is 6. The lowest BCUT2D eigenvalue weighted by molar-refractivity contribution is -0.125. The number of rotatable bonds is 7. The molecule has 1 amide bonds. The smallest absolute Gasteiger partial charge is 0.324 e. The highest BCUT2D eigenvalue weighted by Gasteiger charge is 2.27. The molecule has 2 aromatic rings. The molecule has 3 heterocycles. The highest BCUT2D eigenvalue weighted by atomic mass is 35.5. The van der Waals surface area contributed by atoms with E-state index >= 15 is 0 Å². The second-order valence-corrected chi connectivity index (χ2v) is 9.30. The van der Waals surface area contributed by atoms with Gasteiger partial charge in [0.25, 0.3) is 0 Å². The molecule has 0 unspecified atom stereocenters. The summed E-state index contributed by atoms with van der Waals surface area (Å²) in [5.41, 5.74) is 0.868. The fourth-order valence-electron chi connectivity index (χ4n) is 4.54. The molecule has 0 bridgehead atoms. The molecule has 7 nitrogen and oxygen atoms in total. The summed E-state index contributed by atoms with van der Waals surface area (Å²) in [4.78, 5) is 21.7. The zero-order valence-electron chi connectivity index (χ0n) is 18.2. The van der Waals surface area contributed by atoms with E-state index in [0.717, 1.165) is 56.9 Å². The Kier molecular flexibility index (Phi) is 7.45. The van der Waals surface area contributed by atoms with E-state index in [0.29, 0.717) is 16.9 Å². The van der Waals surface area contributed by atoms with Crippen LogP contribution in [-0.4, -0.2) is 60.2 Å². The van der Waals surface area contributed by atoms with E-state index in [1.54, 1.807) is 0 Å². The van der Waals surface area contributed by atoms with Crippen LogP contribution >= 0.6 is 11.6 Å². The molecule has 8 heteroatoms. The van der Waals surface area contributed by atoms with E-state index in [4.69, 9.17) is 16.1 Å². The van der Waals surface area contributed by atoms with Crippen molar-refractivity contribution in [3.8, 4) is 11.4 Å². The van der Waals surface area contributed by atoms with Gasteiger partial charge >= 0.3 is 6.01 Å². The van der Waals surface area contributed by atoms with Crippen LogP contribution in [0.2, 0.25) is 5.02 Å². The van der Waals surface area contributed by atoms with Crippen molar-refractivity contribution in [1.29, 1.82) is 0 Å². The number of benzene rings is 1. The number of nitrogens with zero attached hydrogens (tertiary/aromatic N) is 4. The number of carbonyl (C=O) groups excluding carboxylic acids is 1. The minimum atomic E-state index is 0.0601. The molecule has 31 heavy (non-hydrogen) atoms. The minimum absolute atomic E-state index is 0.0601. The Morgan fingerprint density at radius 1 is 1.19 bits per heavy atom. The predicted molar refractivity (Wildman–Crippen MR) is 122 cm³/mol. The highest BCUT2D eigenvalue weighted by Crippen LogP contribution is 2.25. The molecule has 2 aliphatic rings. The summed E-state index contributed by atoms with van der Waals surface area (Å²) in [6.07, 6.45) is 5.26. The molecule has 1 N–H and O–H groups in total. The standard InChI is InChI=1S/C23H32ClN5O2/c1-17-4-2-12-28(16-17)13-3-11-25-22(30)19-9-14-29(15-10-19)23-26-21(27-31-23)18-5-7-20(24)8-6-18/h5-8,17,19H,2-4,9-16H2,1H3,(H,25,30)/t17-/m0/s1. The fraction of sp³-hybridized carbons (Fsp3) is 0.609. The second-order valence-electron chi connectivity index (χ2n) is 8.86. The Hall–Kier alpha value is -2.12. The van der Waals surface area contributed by atoms with Gasteiger partial charge in [-0.2, -0.15) is 4.98 Å². The number of likely N-dealkylation sites (tertiary alicyclic amines) is 1. The quantitative estimate of drug-likeness (QED) is 0.652. The van der Waals surface area contributed by atoms with Crippen molar-refractivity contribution in [3.05, 3.63) is 29.3 Å². The summed E-state index contributed by atoms with van der Waals surface area (Å²) >= 11 is 5.94. The van der Waals surface area contributed by atoms with Crippen molar-refractivity contribution in [2.45, 2.75) is 39.0 Å². The maximum absolute atomic E-state index is 12.6. The fourth-order valence-corrected chi connectivity index (χ4v) is 4.67. The first-order valence-corrected chi connectivity index (χ1v) is 11.8. The number of aromatic nitrogens is 2. The van der Waals surface area contributed by atoms with Crippen LogP contribution in [0.15, 0.2) is 28.8 Å². The zero-order chi connectivity index (χ0) is 21.6. The molecule has 4 rings (SSSR count). The van der Waals surface area contributed by atoms with Crippen molar-refractivity contribution < 1.29 is 9.32 Å². The SMILES string of the molecule is C[C@H]1CCCN(CCCNC(=O)C2CCN(c3nc(-c4ccc(Cl)cc4)no3)CC2)C1. The van der Waals surface area contributed by atoms with E-state index in [1.807, 2.05) is 24.3 Å². The van der Waals surface area contributed by atoms with Crippen LogP contribution in [0.5, 0.6) is 0 Å². The molecule has 1 aromatic heterocycles. The first kappa shape index (κ1) is 22.1. The number of halogens is 1. The second kappa shape index (κ2) is 10.5. The third kappa shape index (κ3) is 5.98. The van der Waals surface area contributed by atoms with Gasteiger partial charge in [0.05, 0.1) is 0 Å². The summed E-state index contributed by atoms with van der Waals surface area (Å²) in [6, 6.07) is 7.88. The first-order valence-electron chi connectivity index (χ1n) is 11.4. The molecule has 0 radical (unpaired) electrons. The van der Waals surface area contributed by atoms with Crippen LogP contribution in [-0.2, 0) is 4.79 Å². The van der Waals surface area contributed by atoms with Gasteiger partial charge < -0.3 is 19.6 Å². The van der Waals surface area contributed by atoms with Crippen molar-refractivity contribution in [3.63, 3.8) is 0 Å². The van der Waals surface area contributed by atoms with Crippen molar-refractivity contribution >= 4 is 23.5 Å². The van der Waals surface area contributed by atoms with Crippen LogP contribution in [0, 0.1) is 11.8 Å². The van der Waals surface area contributed by atoms with Crippen molar-refractivity contribution in [2.24, 2.45) is 11.8 Å². The summed E-state index contributed by atoms with van der Waals surface area (Å²) in [7, 11) is 0. The van der Waals surface area contributed by atoms with Gasteiger partial charge in [-0.15, -0.1) is 0 Å². The number of nitrogens with one attached hydrogen (secondary N) is 1. The highest BCUT2D eigenvalue weighted by molar-refractivity contribution is 6.30. The molecule has 0 aliphatic carbocycles. The van der Waals surface area contributed by atoms with Gasteiger partial charge in [-0.25, -0.2) is 0 Å². The summed E-state index contributed by atoms with van der Waals surface area (Å²) in [5.74, 6) is 1.59. The third-order valence-corrected chi connectivity index (χ3v) is 6.60. The van der Waals surface area contributed by atoms with Crippen LogP contribution in [0.1, 0.15) is 39.0 Å². The maximum atomic E-state index is 12.6. The molecule has 2 aliphatic heterocycles. The number of piperidine rings is 2. The monoisotopic (exact) mass is 445 g/mol. The lowest BCUT2D eigenvalue weighted by Gasteiger charge is -2.31. The zero-order valence-corrected chi connectivity index (χ0v) is 19.0. The summed E-state index contributed by atoms with van der Waals surface area (Å²) in [5, 5.41) is 7.90. The average Bonchev–Trinajstić information content (AvgIpc) is 3.27. The van der Waals surface area contributed by atoms with Gasteiger partial charge in [0, 0.05) is 42.7 Å². The van der Waals surface area contributed by atoms with E-state index in [2.05, 4.69) is 32.2 Å². The molecule has 0 spiro atoms. The number of carbonyl (C=O) groups is 1. The lowest BCUT2D eigenvalue weighted by atomic mass is 9.96. The third-order valence-electron chi connectivity index (χ3n) is 6.35. The van der Waals surface area contributed by atoms with Crippen LogP contribution in [0.4, 0.5) is 6.01 Å². The van der Waals surface area contributed by atoms with E-state index in [1.165, 1.54) is 25.9 Å². The van der Waals surface area contributed by atoms with Gasteiger partial charge in [0.1, 0.15) is 0 Å². The van der Waals surface area contributed by atoms with Gasteiger partial charge in [-0.05, 0) is 75.4 Å². The number of hydrogen-bond donors (Lipinski definition) is 1. The molecule has 2 fully saturated rings. The Morgan fingerprint density at radius 3 is 2.71 bits per heavy atom. The topological polar surface area (TPSA) is 74.5 Å². The molecular weight excluding hydrogens is 414 g/mol. The first-order chi connectivity index (χ1) is 15.1. The van der Waals surface area contributed by atoms with E-state index in [9.17, 15) is 4.79 Å². The molecule has 2 saturated heterocycles. The molecule has 1 atom stereocenters. The minimum Gasteiger partial charge on any atom is -0.356 e. The molecule has 168 valence electrons. The summed E-state index contributed by atoms with van der Waals surface area (Å²) < 4.78 is 5.46. The van der Waals surface area contributed by atoms with Gasteiger partial charge in [0.15, 0.2) is 0 Å². The van der Waals surface area contributed by atoms with E-state index < -0.39 is 0 Å². The van der Waals surface area contributed by atoms with Crippen LogP contribution in [0.25, 0.3) is 11.4 Å². The van der Waals surface area contributed by atoms with Crippen LogP contribution in [0.3, 0.4) is 0 Å². The Morgan fingerprint density at radius 2 is 1.97 bits per heavy atom. The molecule has 0 saturated carbocycles. The normalized spacial score (nSPS) is 20.7. The predicted octanol–water partition coefficient (Wildman–Crippen LogP) is 3.84. The summed E-state index contributed by atoms with van der Waals surface area (Å²) in [6.45, 7) is 8.05. The van der Waals surface area contributed by atoms with Crippen molar-refractivity contribution in [2.75, 3.05) is 44.2 Å². The van der Waals surface area contributed by atoms with Gasteiger partial charge in [0.2, 0.25) is 11.7 Å².